The van der Waals surface area contributed by atoms with Crippen molar-refractivity contribution < 1.29 is 30.8 Å². The summed E-state index contributed by atoms with van der Waals surface area (Å²) in [7, 11) is -4.01. The van der Waals surface area contributed by atoms with Gasteiger partial charge in [0.25, 0.3) is 0 Å². The Morgan fingerprint density at radius 2 is 1.83 bits per heavy atom. The minimum Gasteiger partial charge on any atom is -0.350 e. The van der Waals surface area contributed by atoms with Gasteiger partial charge in [0.05, 0.1) is 27.2 Å². The van der Waals surface area contributed by atoms with Gasteiger partial charge in [0.15, 0.2) is 15.5 Å². The van der Waals surface area contributed by atoms with Crippen molar-refractivity contribution >= 4 is 32.6 Å². The van der Waals surface area contributed by atoms with Crippen molar-refractivity contribution in [3.63, 3.8) is 0 Å². The highest BCUT2D eigenvalue weighted by Gasteiger charge is 2.36. The van der Waals surface area contributed by atoms with Crippen molar-refractivity contribution in [3.05, 3.63) is 82.8 Å². The maximum absolute atomic E-state index is 16.0. The molecule has 242 valence electrons. The fraction of sp³-hybridized carbons (Fsp3) is 0.323. The van der Waals surface area contributed by atoms with Crippen LogP contribution in [0.3, 0.4) is 0 Å². The zero-order valence-electron chi connectivity index (χ0n) is 25.3. The van der Waals surface area contributed by atoms with E-state index in [1.165, 1.54) is 24.4 Å². The van der Waals surface area contributed by atoms with Gasteiger partial charge in [-0.3, -0.25) is 9.78 Å². The molecule has 46 heavy (non-hydrogen) atoms. The average Bonchev–Trinajstić information content (AvgIpc) is 2.99. The number of aromatic nitrogens is 4. The maximum atomic E-state index is 16.0. The van der Waals surface area contributed by atoms with Gasteiger partial charge in [0.1, 0.15) is 17.3 Å². The first-order chi connectivity index (χ1) is 21.5. The lowest BCUT2D eigenvalue weighted by Crippen LogP contribution is -2.54. The molecule has 1 aliphatic heterocycles. The zero-order valence-corrected chi connectivity index (χ0v) is 26.2. The van der Waals surface area contributed by atoms with Crippen LogP contribution < -0.4 is 10.6 Å². The van der Waals surface area contributed by atoms with Gasteiger partial charge in [0.2, 0.25) is 5.91 Å². The molecule has 0 radical (unpaired) electrons. The lowest BCUT2D eigenvalue weighted by Gasteiger charge is -2.40. The molecule has 0 aliphatic carbocycles. The third-order valence-electron chi connectivity index (χ3n) is 7.76. The standard InChI is InChI=1S/C31H30F4N6O4S/c1-6-24(42)39-13-14-40(18(4)16-39)28-20-15-22(32)26(19-9-7-8-10-21(19)31(33,34)35)37-29(20)41(30(43)38-28)27-23(46(5,44)45)11-12-36-25(27)17(2)3/h6-12,15,17-18H,1,13-14,16H2,2-5H3/t18-/m0/s1. The minimum atomic E-state index is -4.86. The van der Waals surface area contributed by atoms with Gasteiger partial charge in [-0.1, -0.05) is 38.6 Å². The fourth-order valence-corrected chi connectivity index (χ4v) is 6.51. The molecule has 0 unspecified atom stereocenters. The normalized spacial score (nSPS) is 15.9. The molecule has 1 atom stereocenters. The summed E-state index contributed by atoms with van der Waals surface area (Å²) in [5, 5.41) is -0.0568. The molecule has 1 fully saturated rings. The van der Waals surface area contributed by atoms with E-state index in [0.29, 0.717) is 0 Å². The van der Waals surface area contributed by atoms with E-state index in [1.807, 2.05) is 0 Å². The van der Waals surface area contributed by atoms with E-state index < -0.39 is 56.3 Å². The number of pyridine rings is 2. The molecule has 0 bridgehead atoms. The summed E-state index contributed by atoms with van der Waals surface area (Å²) in [6.07, 6.45) is -1.47. The van der Waals surface area contributed by atoms with Crippen LogP contribution in [-0.2, 0) is 20.8 Å². The van der Waals surface area contributed by atoms with Crippen molar-refractivity contribution in [1.82, 2.24) is 24.4 Å². The SMILES string of the molecule is C=CC(=O)N1CCN(c2nc(=O)n(-c3c(S(C)(=O)=O)ccnc3C(C)C)c3nc(-c4ccccc4C(F)(F)F)c(F)cc23)[C@@H](C)C1. The fourth-order valence-electron chi connectivity index (χ4n) is 5.65. The van der Waals surface area contributed by atoms with Crippen molar-refractivity contribution in [2.75, 3.05) is 30.8 Å². The summed E-state index contributed by atoms with van der Waals surface area (Å²) in [6.45, 7) is 9.31. The van der Waals surface area contributed by atoms with E-state index in [1.54, 1.807) is 30.6 Å². The first kappa shape index (κ1) is 32.7. The summed E-state index contributed by atoms with van der Waals surface area (Å²) in [6, 6.07) is 6.02. The van der Waals surface area contributed by atoms with Gasteiger partial charge in [0, 0.05) is 43.7 Å². The Morgan fingerprint density at radius 1 is 1.13 bits per heavy atom. The predicted molar refractivity (Wildman–Crippen MR) is 164 cm³/mol. The number of amides is 1. The Hall–Kier alpha value is -4.66. The van der Waals surface area contributed by atoms with Gasteiger partial charge >= 0.3 is 11.9 Å². The van der Waals surface area contributed by atoms with E-state index >= 15 is 4.39 Å². The van der Waals surface area contributed by atoms with Crippen LogP contribution in [0.25, 0.3) is 28.0 Å². The Balaban J connectivity index is 1.90. The number of halogens is 4. The lowest BCUT2D eigenvalue weighted by molar-refractivity contribution is -0.137. The van der Waals surface area contributed by atoms with Gasteiger partial charge in [-0.15, -0.1) is 0 Å². The highest BCUT2D eigenvalue weighted by molar-refractivity contribution is 7.90. The van der Waals surface area contributed by atoms with Gasteiger partial charge < -0.3 is 9.80 Å². The predicted octanol–water partition coefficient (Wildman–Crippen LogP) is 4.75. The summed E-state index contributed by atoms with van der Waals surface area (Å²) in [5.41, 5.74) is -3.76. The van der Waals surface area contributed by atoms with Crippen molar-refractivity contribution in [2.24, 2.45) is 0 Å². The van der Waals surface area contributed by atoms with Gasteiger partial charge in [-0.2, -0.15) is 18.2 Å². The van der Waals surface area contributed by atoms with E-state index in [2.05, 4.69) is 21.5 Å². The van der Waals surface area contributed by atoms with Gasteiger partial charge in [-0.05, 0) is 37.1 Å². The number of nitrogens with zero attached hydrogens (tertiary/aromatic N) is 6. The van der Waals surface area contributed by atoms with Crippen LogP contribution in [-0.4, -0.2) is 70.7 Å². The summed E-state index contributed by atoms with van der Waals surface area (Å²) >= 11 is 0. The molecule has 5 rings (SSSR count). The molecule has 0 N–H and O–H groups in total. The second-order valence-electron chi connectivity index (χ2n) is 11.3. The second kappa shape index (κ2) is 11.9. The molecule has 1 amide bonds. The van der Waals surface area contributed by atoms with Crippen LogP contribution >= 0.6 is 0 Å². The van der Waals surface area contributed by atoms with E-state index in [-0.39, 0.29) is 58.7 Å². The molecular formula is C31H30F4N6O4S. The monoisotopic (exact) mass is 658 g/mol. The van der Waals surface area contributed by atoms with E-state index in [9.17, 15) is 31.2 Å². The molecule has 15 heteroatoms. The van der Waals surface area contributed by atoms with E-state index in [0.717, 1.165) is 35.1 Å². The van der Waals surface area contributed by atoms with Crippen LogP contribution in [0.2, 0.25) is 0 Å². The summed E-state index contributed by atoms with van der Waals surface area (Å²) in [4.78, 5) is 42.2. The van der Waals surface area contributed by atoms with Crippen LogP contribution in [0.5, 0.6) is 0 Å². The van der Waals surface area contributed by atoms with Crippen molar-refractivity contribution in [3.8, 4) is 16.9 Å². The number of rotatable bonds is 6. The minimum absolute atomic E-state index is 0.0209. The molecule has 0 saturated carbocycles. The molecule has 4 aromatic rings. The number of benzene rings is 1. The topological polar surface area (TPSA) is 118 Å². The first-order valence-electron chi connectivity index (χ1n) is 14.2. The second-order valence-corrected chi connectivity index (χ2v) is 13.3. The maximum Gasteiger partial charge on any atom is 0.417 e. The zero-order chi connectivity index (χ0) is 33.7. The number of hydrogen-bond donors (Lipinski definition) is 0. The van der Waals surface area contributed by atoms with Crippen LogP contribution in [0.15, 0.2) is 64.9 Å². The first-order valence-corrected chi connectivity index (χ1v) is 16.1. The highest BCUT2D eigenvalue weighted by Crippen LogP contribution is 2.39. The molecule has 1 aliphatic rings. The quantitative estimate of drug-likeness (QED) is 0.215. The number of fused-ring (bicyclic) bond motifs is 1. The highest BCUT2D eigenvalue weighted by atomic mass is 32.2. The number of anilines is 1. The molecule has 10 nitrogen and oxygen atoms in total. The molecule has 4 heterocycles. The lowest BCUT2D eigenvalue weighted by atomic mass is 10.0. The molecule has 3 aromatic heterocycles. The van der Waals surface area contributed by atoms with E-state index in [4.69, 9.17) is 0 Å². The molecule has 0 spiro atoms. The molecule has 1 aromatic carbocycles. The van der Waals surface area contributed by atoms with Crippen LogP contribution in [0, 0.1) is 5.82 Å². The Labute approximate surface area is 261 Å². The van der Waals surface area contributed by atoms with Crippen LogP contribution in [0.1, 0.15) is 37.9 Å². The number of alkyl halides is 3. The van der Waals surface area contributed by atoms with Crippen molar-refractivity contribution in [2.45, 2.75) is 43.8 Å². The number of hydrogen-bond acceptors (Lipinski definition) is 8. The number of carbonyl (C=O) groups excluding carboxylic acids is 1. The summed E-state index contributed by atoms with van der Waals surface area (Å²) < 4.78 is 85.0. The third-order valence-corrected chi connectivity index (χ3v) is 8.89. The van der Waals surface area contributed by atoms with Gasteiger partial charge in [-0.25, -0.2) is 27.2 Å². The molecule has 1 saturated heterocycles. The Kier molecular flexibility index (Phi) is 8.49. The van der Waals surface area contributed by atoms with Crippen LogP contribution in [0.4, 0.5) is 23.4 Å². The third kappa shape index (κ3) is 5.86. The Bertz CT molecular complexity index is 2050. The smallest absolute Gasteiger partial charge is 0.350 e. The largest absolute Gasteiger partial charge is 0.417 e. The average molecular weight is 659 g/mol. The summed E-state index contributed by atoms with van der Waals surface area (Å²) in [5.74, 6) is -1.87. The Morgan fingerprint density at radius 3 is 2.43 bits per heavy atom. The number of carbonyl (C=O) groups is 1. The number of sulfone groups is 1. The van der Waals surface area contributed by atoms with Crippen molar-refractivity contribution in [1.29, 1.82) is 0 Å². The number of piperazine rings is 1. The molecular weight excluding hydrogens is 628 g/mol.